The van der Waals surface area contributed by atoms with Crippen LogP contribution in [0.15, 0.2) is 0 Å². The predicted octanol–water partition coefficient (Wildman–Crippen LogP) is 2.20. The van der Waals surface area contributed by atoms with Gasteiger partial charge >= 0.3 is 12.1 Å². The van der Waals surface area contributed by atoms with E-state index in [9.17, 15) is 9.59 Å². The molecular weight excluding hydrogens is 246 g/mol. The van der Waals surface area contributed by atoms with Crippen molar-refractivity contribution in [2.75, 3.05) is 20.2 Å². The van der Waals surface area contributed by atoms with Gasteiger partial charge in [-0.2, -0.15) is 0 Å². The maximum atomic E-state index is 11.9. The number of ether oxygens (including phenoxy) is 2. The first-order chi connectivity index (χ1) is 8.77. The number of hydrogen-bond acceptors (Lipinski definition) is 4. The van der Waals surface area contributed by atoms with Crippen molar-refractivity contribution >= 4 is 12.1 Å². The monoisotopic (exact) mass is 269 g/mol. The third-order valence-corrected chi connectivity index (χ3v) is 4.09. The zero-order valence-electron chi connectivity index (χ0n) is 12.2. The highest BCUT2D eigenvalue weighted by atomic mass is 16.6. The van der Waals surface area contributed by atoms with Gasteiger partial charge < -0.3 is 14.4 Å². The van der Waals surface area contributed by atoms with Crippen LogP contribution in [0.25, 0.3) is 0 Å². The molecule has 5 heteroatoms. The average Bonchev–Trinajstić information content (AvgIpc) is 3.01. The number of amides is 1. The Hall–Kier alpha value is -1.26. The van der Waals surface area contributed by atoms with Crippen LogP contribution in [0.3, 0.4) is 0 Å². The van der Waals surface area contributed by atoms with Crippen LogP contribution in [-0.4, -0.2) is 42.8 Å². The number of carbonyl (C=O) groups excluding carboxylic acids is 2. The lowest BCUT2D eigenvalue weighted by Crippen LogP contribution is -2.42. The first-order valence-corrected chi connectivity index (χ1v) is 6.83. The maximum absolute atomic E-state index is 11.9. The molecule has 0 aromatic heterocycles. The smallest absolute Gasteiger partial charge is 0.410 e. The maximum Gasteiger partial charge on any atom is 0.410 e. The summed E-state index contributed by atoms with van der Waals surface area (Å²) in [5, 5.41) is 0. The summed E-state index contributed by atoms with van der Waals surface area (Å²) >= 11 is 0. The molecule has 1 saturated heterocycles. The highest BCUT2D eigenvalue weighted by molar-refractivity contribution is 5.77. The number of rotatable bonds is 1. The predicted molar refractivity (Wildman–Crippen MR) is 69.6 cm³/mol. The highest BCUT2D eigenvalue weighted by Crippen LogP contribution is 2.59. The lowest BCUT2D eigenvalue weighted by Gasteiger charge is -2.34. The van der Waals surface area contributed by atoms with Crippen molar-refractivity contribution in [2.45, 2.75) is 45.6 Å². The minimum Gasteiger partial charge on any atom is -0.469 e. The molecule has 19 heavy (non-hydrogen) atoms. The normalized spacial score (nSPS) is 25.1. The van der Waals surface area contributed by atoms with Crippen molar-refractivity contribution in [3.63, 3.8) is 0 Å². The number of methoxy groups -OCH3 is 1. The summed E-state index contributed by atoms with van der Waals surface area (Å²) in [7, 11) is 1.43. The third-order valence-electron chi connectivity index (χ3n) is 4.09. The zero-order chi connectivity index (χ0) is 14.3. The molecule has 2 aliphatic rings. The molecule has 0 N–H and O–H groups in total. The summed E-state index contributed by atoms with van der Waals surface area (Å²) in [5.74, 6) is -0.0657. The lowest BCUT2D eigenvalue weighted by atomic mass is 9.91. The Balaban J connectivity index is 1.84. The van der Waals surface area contributed by atoms with Crippen molar-refractivity contribution in [3.8, 4) is 0 Å². The van der Waals surface area contributed by atoms with Crippen LogP contribution in [0.2, 0.25) is 0 Å². The molecule has 1 amide bonds. The molecule has 1 spiro atoms. The molecule has 5 nitrogen and oxygen atoms in total. The topological polar surface area (TPSA) is 55.8 Å². The van der Waals surface area contributed by atoms with Gasteiger partial charge in [0.05, 0.1) is 13.0 Å². The molecule has 1 aliphatic heterocycles. The second kappa shape index (κ2) is 4.69. The summed E-state index contributed by atoms with van der Waals surface area (Å²) in [6.45, 7) is 6.93. The van der Waals surface area contributed by atoms with Crippen LogP contribution < -0.4 is 0 Å². The van der Waals surface area contributed by atoms with E-state index in [0.717, 1.165) is 19.3 Å². The largest absolute Gasteiger partial charge is 0.469 e. The van der Waals surface area contributed by atoms with Gasteiger partial charge in [0.25, 0.3) is 0 Å². The van der Waals surface area contributed by atoms with E-state index < -0.39 is 5.60 Å². The molecule has 1 saturated carbocycles. The molecule has 1 atom stereocenters. The van der Waals surface area contributed by atoms with Crippen LogP contribution in [-0.2, 0) is 14.3 Å². The molecule has 0 radical (unpaired) electrons. The van der Waals surface area contributed by atoms with E-state index in [-0.39, 0.29) is 23.4 Å². The third kappa shape index (κ3) is 3.01. The molecule has 0 bridgehead atoms. The molecule has 108 valence electrons. The second-order valence-electron chi connectivity index (χ2n) is 6.61. The van der Waals surface area contributed by atoms with Crippen molar-refractivity contribution in [1.82, 2.24) is 4.90 Å². The Morgan fingerprint density at radius 3 is 2.26 bits per heavy atom. The van der Waals surface area contributed by atoms with Gasteiger partial charge in [0, 0.05) is 13.1 Å². The summed E-state index contributed by atoms with van der Waals surface area (Å²) in [6, 6.07) is 0. The van der Waals surface area contributed by atoms with E-state index in [1.54, 1.807) is 4.90 Å². The molecule has 1 heterocycles. The van der Waals surface area contributed by atoms with Crippen molar-refractivity contribution in [2.24, 2.45) is 11.3 Å². The number of piperidine rings is 1. The van der Waals surface area contributed by atoms with Crippen molar-refractivity contribution in [1.29, 1.82) is 0 Å². The fourth-order valence-corrected chi connectivity index (χ4v) is 2.84. The number of nitrogens with zero attached hydrogens (tertiary/aromatic N) is 1. The number of carbonyl (C=O) groups is 2. The molecule has 1 aliphatic carbocycles. The van der Waals surface area contributed by atoms with Gasteiger partial charge in [-0.1, -0.05) is 0 Å². The Labute approximate surface area is 114 Å². The van der Waals surface area contributed by atoms with E-state index in [1.165, 1.54) is 7.11 Å². The average molecular weight is 269 g/mol. The molecule has 0 unspecified atom stereocenters. The molecular formula is C14H23NO4. The highest BCUT2D eigenvalue weighted by Gasteiger charge is 2.59. The fraction of sp³-hybridized carbons (Fsp3) is 0.857. The molecule has 2 rings (SSSR count). The van der Waals surface area contributed by atoms with E-state index >= 15 is 0 Å². The molecule has 2 fully saturated rings. The summed E-state index contributed by atoms with van der Waals surface area (Å²) in [6.07, 6.45) is 2.39. The van der Waals surface area contributed by atoms with Crippen LogP contribution in [0.1, 0.15) is 40.0 Å². The van der Waals surface area contributed by atoms with Gasteiger partial charge in [-0.3, -0.25) is 4.79 Å². The van der Waals surface area contributed by atoms with Crippen LogP contribution in [0.5, 0.6) is 0 Å². The molecule has 0 aromatic carbocycles. The van der Waals surface area contributed by atoms with Gasteiger partial charge in [0.15, 0.2) is 0 Å². The second-order valence-corrected chi connectivity index (χ2v) is 6.61. The van der Waals surface area contributed by atoms with Crippen LogP contribution >= 0.6 is 0 Å². The standard InChI is InChI=1S/C14H23NO4/c1-13(2,3)19-12(17)15-7-5-14(6-8-15)9-10(14)11(16)18-4/h10H,5-9H2,1-4H3/t10-/m0/s1. The summed E-state index contributed by atoms with van der Waals surface area (Å²) in [5.41, 5.74) is -0.369. The Morgan fingerprint density at radius 1 is 1.21 bits per heavy atom. The van der Waals surface area contributed by atoms with Gasteiger partial charge in [-0.05, 0) is 45.4 Å². The number of likely N-dealkylation sites (tertiary alicyclic amines) is 1. The zero-order valence-corrected chi connectivity index (χ0v) is 12.2. The van der Waals surface area contributed by atoms with Crippen LogP contribution in [0.4, 0.5) is 4.79 Å². The van der Waals surface area contributed by atoms with E-state index in [2.05, 4.69) is 0 Å². The Bertz CT molecular complexity index is 377. The van der Waals surface area contributed by atoms with E-state index in [1.807, 2.05) is 20.8 Å². The van der Waals surface area contributed by atoms with E-state index in [4.69, 9.17) is 9.47 Å². The number of esters is 1. The first-order valence-electron chi connectivity index (χ1n) is 6.83. The fourth-order valence-electron chi connectivity index (χ4n) is 2.84. The lowest BCUT2D eigenvalue weighted by molar-refractivity contribution is -0.143. The Kier molecular flexibility index (Phi) is 3.49. The van der Waals surface area contributed by atoms with E-state index in [0.29, 0.717) is 13.1 Å². The van der Waals surface area contributed by atoms with Gasteiger partial charge in [0.1, 0.15) is 5.60 Å². The van der Waals surface area contributed by atoms with Gasteiger partial charge in [-0.25, -0.2) is 4.79 Å². The van der Waals surface area contributed by atoms with Gasteiger partial charge in [-0.15, -0.1) is 0 Å². The number of hydrogen-bond donors (Lipinski definition) is 0. The molecule has 0 aromatic rings. The van der Waals surface area contributed by atoms with Gasteiger partial charge in [0.2, 0.25) is 0 Å². The van der Waals surface area contributed by atoms with Crippen molar-refractivity contribution < 1.29 is 19.1 Å². The summed E-state index contributed by atoms with van der Waals surface area (Å²) in [4.78, 5) is 25.2. The summed E-state index contributed by atoms with van der Waals surface area (Å²) < 4.78 is 10.2. The SMILES string of the molecule is COC(=O)[C@@H]1CC12CCN(C(=O)OC(C)(C)C)CC2. The Morgan fingerprint density at radius 2 is 1.79 bits per heavy atom. The minimum atomic E-state index is -0.458. The quantitative estimate of drug-likeness (QED) is 0.685. The van der Waals surface area contributed by atoms with Crippen LogP contribution in [0, 0.1) is 11.3 Å². The minimum absolute atomic E-state index is 0.0401. The first kappa shape index (κ1) is 14.2. The van der Waals surface area contributed by atoms with Crippen molar-refractivity contribution in [3.05, 3.63) is 0 Å².